The molecular weight excluding hydrogens is 470 g/mol. The van der Waals surface area contributed by atoms with E-state index in [9.17, 15) is 9.59 Å². The van der Waals surface area contributed by atoms with Gasteiger partial charge in [-0.1, -0.05) is 18.2 Å². The summed E-state index contributed by atoms with van der Waals surface area (Å²) in [6, 6.07) is 15.2. The van der Waals surface area contributed by atoms with Crippen LogP contribution in [-0.2, 0) is 20.7 Å². The number of hydrogen-bond donors (Lipinski definition) is 0. The number of unbranched alkanes of at least 4 members (excludes halogenated alkanes) is 1. The number of likely N-dealkylation sites (tertiary alicyclic amines) is 1. The van der Waals surface area contributed by atoms with Gasteiger partial charge in [0.2, 0.25) is 0 Å². The molecule has 2 aromatic carbocycles. The summed E-state index contributed by atoms with van der Waals surface area (Å²) in [4.78, 5) is 25.7. The molecule has 0 bridgehead atoms. The normalized spacial score (nSPS) is 14.2. The SMILES string of the molecule is COC(=O)CCCCC(CCc1ccccc1OCCCN1CCCC1)Oc1ccc(C(=O)OC)cc1. The number of ether oxygens (including phenoxy) is 4. The van der Waals surface area contributed by atoms with E-state index in [-0.39, 0.29) is 18.0 Å². The van der Waals surface area contributed by atoms with Crippen LogP contribution in [0.3, 0.4) is 0 Å². The van der Waals surface area contributed by atoms with Gasteiger partial charge in [-0.25, -0.2) is 4.79 Å². The van der Waals surface area contributed by atoms with Gasteiger partial charge in [-0.3, -0.25) is 4.79 Å². The Labute approximate surface area is 221 Å². The van der Waals surface area contributed by atoms with Crippen LogP contribution in [0.4, 0.5) is 0 Å². The number of carbonyl (C=O) groups excluding carboxylic acids is 2. The molecule has 3 rings (SSSR count). The molecule has 0 aliphatic carbocycles. The van der Waals surface area contributed by atoms with Gasteiger partial charge in [-0.2, -0.15) is 0 Å². The van der Waals surface area contributed by atoms with Crippen LogP contribution in [0.2, 0.25) is 0 Å². The van der Waals surface area contributed by atoms with E-state index in [2.05, 4.69) is 11.0 Å². The van der Waals surface area contributed by atoms with E-state index in [1.165, 1.54) is 45.7 Å². The first-order valence-electron chi connectivity index (χ1n) is 13.4. The van der Waals surface area contributed by atoms with Crippen molar-refractivity contribution in [1.29, 1.82) is 0 Å². The second kappa shape index (κ2) is 15.9. The van der Waals surface area contributed by atoms with Crippen LogP contribution in [0.25, 0.3) is 0 Å². The minimum Gasteiger partial charge on any atom is -0.493 e. The van der Waals surface area contributed by atoms with Crippen LogP contribution in [-0.4, -0.2) is 63.4 Å². The van der Waals surface area contributed by atoms with E-state index < -0.39 is 0 Å². The lowest BCUT2D eigenvalue weighted by molar-refractivity contribution is -0.140. The number of methoxy groups -OCH3 is 2. The second-order valence-electron chi connectivity index (χ2n) is 9.47. The van der Waals surface area contributed by atoms with E-state index in [1.807, 2.05) is 18.2 Å². The summed E-state index contributed by atoms with van der Waals surface area (Å²) in [5.41, 5.74) is 1.66. The number of benzene rings is 2. The van der Waals surface area contributed by atoms with Crippen molar-refractivity contribution in [2.75, 3.05) is 40.5 Å². The van der Waals surface area contributed by atoms with E-state index in [0.717, 1.165) is 50.8 Å². The molecule has 0 amide bonds. The molecule has 7 heteroatoms. The third-order valence-corrected chi connectivity index (χ3v) is 6.75. The van der Waals surface area contributed by atoms with Crippen molar-refractivity contribution >= 4 is 11.9 Å². The van der Waals surface area contributed by atoms with Gasteiger partial charge in [0.1, 0.15) is 11.5 Å². The fourth-order valence-electron chi connectivity index (χ4n) is 4.63. The lowest BCUT2D eigenvalue weighted by atomic mass is 10.0. The highest BCUT2D eigenvalue weighted by Crippen LogP contribution is 2.24. The summed E-state index contributed by atoms with van der Waals surface area (Å²) in [6.45, 7) is 4.23. The van der Waals surface area contributed by atoms with Crippen LogP contribution in [0.5, 0.6) is 11.5 Å². The minimum atomic E-state index is -0.372. The van der Waals surface area contributed by atoms with Gasteiger partial charge in [-0.15, -0.1) is 0 Å². The maximum atomic E-state index is 11.7. The van der Waals surface area contributed by atoms with Crippen LogP contribution < -0.4 is 9.47 Å². The van der Waals surface area contributed by atoms with Crippen LogP contribution in [0.15, 0.2) is 48.5 Å². The van der Waals surface area contributed by atoms with E-state index in [0.29, 0.717) is 24.3 Å². The molecule has 0 saturated carbocycles. The maximum Gasteiger partial charge on any atom is 0.337 e. The number of esters is 2. The molecule has 1 heterocycles. The van der Waals surface area contributed by atoms with Gasteiger partial charge >= 0.3 is 11.9 Å². The molecule has 1 unspecified atom stereocenters. The lowest BCUT2D eigenvalue weighted by Gasteiger charge is -2.20. The Morgan fingerprint density at radius 2 is 1.65 bits per heavy atom. The molecule has 202 valence electrons. The predicted molar refractivity (Wildman–Crippen MR) is 143 cm³/mol. The fourth-order valence-corrected chi connectivity index (χ4v) is 4.63. The Hall–Kier alpha value is -3.06. The zero-order chi connectivity index (χ0) is 26.3. The summed E-state index contributed by atoms with van der Waals surface area (Å²) in [7, 11) is 2.78. The highest BCUT2D eigenvalue weighted by atomic mass is 16.5. The second-order valence-corrected chi connectivity index (χ2v) is 9.47. The number of para-hydroxylation sites is 1. The third-order valence-electron chi connectivity index (χ3n) is 6.75. The number of aryl methyl sites for hydroxylation is 1. The Morgan fingerprint density at radius 3 is 2.38 bits per heavy atom. The smallest absolute Gasteiger partial charge is 0.337 e. The van der Waals surface area contributed by atoms with Crippen LogP contribution >= 0.6 is 0 Å². The summed E-state index contributed by atoms with van der Waals surface area (Å²) in [5, 5.41) is 0. The van der Waals surface area contributed by atoms with Crippen LogP contribution in [0, 0.1) is 0 Å². The van der Waals surface area contributed by atoms with Crippen molar-refractivity contribution in [1.82, 2.24) is 4.90 Å². The first-order chi connectivity index (χ1) is 18.1. The van der Waals surface area contributed by atoms with Crippen LogP contribution in [0.1, 0.15) is 67.3 Å². The summed E-state index contributed by atoms with van der Waals surface area (Å²) in [6.07, 6.45) is 8.08. The Balaban J connectivity index is 1.55. The standard InChI is InChI=1S/C30H41NO6/c1-34-29(32)13-6-4-11-26(37-27-18-15-25(16-19-27)30(33)35-2)17-14-24-10-3-5-12-28(24)36-23-9-22-31-20-7-8-21-31/h3,5,10,12,15-16,18-19,26H,4,6-9,11,13-14,17,20-23H2,1-2H3. The third kappa shape index (κ3) is 10.1. The van der Waals surface area contributed by atoms with Gasteiger partial charge in [0.05, 0.1) is 32.5 Å². The minimum absolute atomic E-state index is 0.0372. The van der Waals surface area contributed by atoms with Gasteiger partial charge in [0.15, 0.2) is 0 Å². The molecule has 0 spiro atoms. The van der Waals surface area contributed by atoms with Crippen molar-refractivity contribution in [2.24, 2.45) is 0 Å². The molecule has 1 aliphatic heterocycles. The molecule has 0 radical (unpaired) electrons. The number of rotatable bonds is 16. The highest BCUT2D eigenvalue weighted by molar-refractivity contribution is 5.89. The quantitative estimate of drug-likeness (QED) is 0.219. The zero-order valence-electron chi connectivity index (χ0n) is 22.3. The number of nitrogens with zero attached hydrogens (tertiary/aromatic N) is 1. The average Bonchev–Trinajstić information content (AvgIpc) is 3.46. The van der Waals surface area contributed by atoms with Gasteiger partial charge in [0.25, 0.3) is 0 Å². The number of carbonyl (C=O) groups is 2. The average molecular weight is 512 g/mol. The highest BCUT2D eigenvalue weighted by Gasteiger charge is 2.15. The number of hydrogen-bond acceptors (Lipinski definition) is 7. The summed E-state index contributed by atoms with van der Waals surface area (Å²) >= 11 is 0. The maximum absolute atomic E-state index is 11.7. The lowest BCUT2D eigenvalue weighted by Crippen LogP contribution is -2.22. The van der Waals surface area contributed by atoms with Crippen molar-refractivity contribution in [3.63, 3.8) is 0 Å². The van der Waals surface area contributed by atoms with Gasteiger partial charge < -0.3 is 23.8 Å². The monoisotopic (exact) mass is 511 g/mol. The van der Waals surface area contributed by atoms with Crippen molar-refractivity contribution < 1.29 is 28.5 Å². The molecule has 1 atom stereocenters. The molecule has 0 N–H and O–H groups in total. The van der Waals surface area contributed by atoms with Crippen molar-refractivity contribution in [2.45, 2.75) is 63.9 Å². The molecule has 2 aromatic rings. The predicted octanol–water partition coefficient (Wildman–Crippen LogP) is 5.45. The molecule has 1 fully saturated rings. The summed E-state index contributed by atoms with van der Waals surface area (Å²) in [5.74, 6) is 1.09. The van der Waals surface area contributed by atoms with E-state index in [1.54, 1.807) is 24.3 Å². The molecular formula is C30H41NO6. The summed E-state index contributed by atoms with van der Waals surface area (Å²) < 4.78 is 22.0. The van der Waals surface area contributed by atoms with E-state index >= 15 is 0 Å². The largest absolute Gasteiger partial charge is 0.493 e. The fraction of sp³-hybridized carbons (Fsp3) is 0.533. The Morgan fingerprint density at radius 1 is 0.892 bits per heavy atom. The van der Waals surface area contributed by atoms with Gasteiger partial charge in [-0.05, 0) is 100 Å². The Bertz CT molecular complexity index is 955. The van der Waals surface area contributed by atoms with E-state index in [4.69, 9.17) is 18.9 Å². The van der Waals surface area contributed by atoms with Gasteiger partial charge in [0, 0.05) is 13.0 Å². The van der Waals surface area contributed by atoms with Crippen molar-refractivity contribution in [3.8, 4) is 11.5 Å². The molecule has 7 nitrogen and oxygen atoms in total. The first-order valence-corrected chi connectivity index (χ1v) is 13.4. The zero-order valence-corrected chi connectivity index (χ0v) is 22.3. The topological polar surface area (TPSA) is 74.3 Å². The molecule has 1 aliphatic rings. The Kier molecular flexibility index (Phi) is 12.3. The molecule has 0 aromatic heterocycles. The van der Waals surface area contributed by atoms with Crippen molar-refractivity contribution in [3.05, 3.63) is 59.7 Å². The molecule has 37 heavy (non-hydrogen) atoms. The molecule has 1 saturated heterocycles. The first kappa shape index (κ1) is 28.5.